The van der Waals surface area contributed by atoms with Crippen LogP contribution < -0.4 is 15.5 Å². The van der Waals surface area contributed by atoms with Gasteiger partial charge in [0.25, 0.3) is 0 Å². The molecular weight excluding hydrogens is 285 g/mol. The van der Waals surface area contributed by atoms with E-state index in [0.29, 0.717) is 25.4 Å². The first-order chi connectivity index (χ1) is 10.6. The Morgan fingerprint density at radius 3 is 2.86 bits per heavy atom. The van der Waals surface area contributed by atoms with Crippen molar-refractivity contribution in [1.82, 2.24) is 10.6 Å². The summed E-state index contributed by atoms with van der Waals surface area (Å²) in [5.74, 6) is 0.148. The molecule has 1 aromatic rings. The van der Waals surface area contributed by atoms with Crippen molar-refractivity contribution in [3.8, 4) is 0 Å². The third-order valence-corrected chi connectivity index (χ3v) is 4.47. The second-order valence-electron chi connectivity index (χ2n) is 6.17. The molecule has 0 spiro atoms. The van der Waals surface area contributed by atoms with Gasteiger partial charge in [-0.05, 0) is 43.0 Å². The van der Waals surface area contributed by atoms with E-state index in [-0.39, 0.29) is 17.8 Å². The molecule has 1 amide bonds. The predicted molar refractivity (Wildman–Crippen MR) is 82.1 cm³/mol. The molecule has 2 fully saturated rings. The Morgan fingerprint density at radius 1 is 1.41 bits per heavy atom. The van der Waals surface area contributed by atoms with Crippen LogP contribution in [-0.4, -0.2) is 49.3 Å². The molecule has 5 nitrogen and oxygen atoms in total. The highest BCUT2D eigenvalue weighted by Gasteiger charge is 2.29. The van der Waals surface area contributed by atoms with E-state index in [1.807, 2.05) is 0 Å². The summed E-state index contributed by atoms with van der Waals surface area (Å²) in [6.07, 6.45) is 1.08. The number of anilines is 1. The molecule has 0 aliphatic carbocycles. The maximum absolute atomic E-state index is 12.9. The number of hydrogen-bond donors (Lipinski definition) is 3. The van der Waals surface area contributed by atoms with Crippen molar-refractivity contribution >= 4 is 11.6 Å². The molecule has 0 unspecified atom stereocenters. The molecule has 0 saturated carbocycles. The Labute approximate surface area is 129 Å². The third kappa shape index (κ3) is 3.56. The van der Waals surface area contributed by atoms with Crippen LogP contribution >= 0.6 is 0 Å². The van der Waals surface area contributed by atoms with Gasteiger partial charge in [0.1, 0.15) is 5.82 Å². The van der Waals surface area contributed by atoms with Gasteiger partial charge in [-0.3, -0.25) is 4.79 Å². The lowest BCUT2D eigenvalue weighted by Crippen LogP contribution is -2.42. The first-order valence-corrected chi connectivity index (χ1v) is 7.81. The van der Waals surface area contributed by atoms with E-state index in [9.17, 15) is 14.3 Å². The zero-order valence-electron chi connectivity index (χ0n) is 12.5. The number of aliphatic hydroxyl groups excluding tert-OH is 1. The zero-order chi connectivity index (χ0) is 15.5. The van der Waals surface area contributed by atoms with Crippen molar-refractivity contribution < 1.29 is 14.3 Å². The van der Waals surface area contributed by atoms with E-state index < -0.39 is 6.10 Å². The van der Waals surface area contributed by atoms with Gasteiger partial charge >= 0.3 is 0 Å². The molecule has 2 aliphatic rings. The maximum atomic E-state index is 12.9. The number of aliphatic hydroxyl groups is 1. The van der Waals surface area contributed by atoms with Gasteiger partial charge in [0.2, 0.25) is 5.91 Å². The van der Waals surface area contributed by atoms with Crippen LogP contribution in [0, 0.1) is 11.7 Å². The summed E-state index contributed by atoms with van der Waals surface area (Å²) in [5, 5.41) is 15.4. The lowest BCUT2D eigenvalue weighted by molar-refractivity contribution is -0.123. The van der Waals surface area contributed by atoms with Gasteiger partial charge < -0.3 is 20.6 Å². The molecule has 0 aromatic heterocycles. The highest BCUT2D eigenvalue weighted by Crippen LogP contribution is 2.23. The molecule has 2 heterocycles. The van der Waals surface area contributed by atoms with Crippen molar-refractivity contribution in [3.63, 3.8) is 0 Å². The molecule has 1 aromatic carbocycles. The molecule has 120 valence electrons. The first kappa shape index (κ1) is 15.2. The number of nitrogens with one attached hydrogen (secondary N) is 2. The Kier molecular flexibility index (Phi) is 4.59. The number of benzene rings is 1. The molecule has 2 saturated heterocycles. The van der Waals surface area contributed by atoms with Crippen LogP contribution in [0.3, 0.4) is 0 Å². The highest BCUT2D eigenvalue weighted by molar-refractivity contribution is 5.82. The second-order valence-corrected chi connectivity index (χ2v) is 6.17. The fraction of sp³-hybridized carbons (Fsp3) is 0.562. The standard InChI is InChI=1S/C16H22FN3O2/c17-12-1-3-13(4-2-12)20-6-5-11(10-20)8-19-16(22)15-7-14(21)9-18-15/h1-4,11,14-15,18,21H,5-10H2,(H,19,22)/t11-,14+,15-/m0/s1. The van der Waals surface area contributed by atoms with Gasteiger partial charge in [-0.2, -0.15) is 0 Å². The van der Waals surface area contributed by atoms with Crippen molar-refractivity contribution in [2.75, 3.05) is 31.1 Å². The normalized spacial score (nSPS) is 28.1. The van der Waals surface area contributed by atoms with Crippen molar-refractivity contribution in [1.29, 1.82) is 0 Å². The molecule has 22 heavy (non-hydrogen) atoms. The quantitative estimate of drug-likeness (QED) is 0.757. The van der Waals surface area contributed by atoms with E-state index in [1.54, 1.807) is 12.1 Å². The fourth-order valence-electron chi connectivity index (χ4n) is 3.17. The monoisotopic (exact) mass is 307 g/mol. The van der Waals surface area contributed by atoms with E-state index in [0.717, 1.165) is 25.2 Å². The summed E-state index contributed by atoms with van der Waals surface area (Å²) in [4.78, 5) is 14.2. The summed E-state index contributed by atoms with van der Waals surface area (Å²) >= 11 is 0. The van der Waals surface area contributed by atoms with E-state index in [1.165, 1.54) is 12.1 Å². The lowest BCUT2D eigenvalue weighted by atomic mass is 10.1. The SMILES string of the molecule is O=C(NC[C@@H]1CCN(c2ccc(F)cc2)C1)[C@@H]1C[C@@H](O)CN1. The number of amides is 1. The number of nitrogens with zero attached hydrogens (tertiary/aromatic N) is 1. The van der Waals surface area contributed by atoms with Crippen LogP contribution in [0.5, 0.6) is 0 Å². The Bertz CT molecular complexity index is 523. The van der Waals surface area contributed by atoms with Gasteiger partial charge in [-0.15, -0.1) is 0 Å². The van der Waals surface area contributed by atoms with Crippen LogP contribution in [0.25, 0.3) is 0 Å². The summed E-state index contributed by atoms with van der Waals surface area (Å²) < 4.78 is 12.9. The zero-order valence-corrected chi connectivity index (χ0v) is 12.5. The number of halogens is 1. The summed E-state index contributed by atoms with van der Waals surface area (Å²) in [6.45, 7) is 2.92. The predicted octanol–water partition coefficient (Wildman–Crippen LogP) is 0.491. The van der Waals surface area contributed by atoms with Gasteiger partial charge in [-0.25, -0.2) is 4.39 Å². The van der Waals surface area contributed by atoms with Crippen molar-refractivity contribution in [2.24, 2.45) is 5.92 Å². The third-order valence-electron chi connectivity index (χ3n) is 4.47. The van der Waals surface area contributed by atoms with Crippen LogP contribution in [0.4, 0.5) is 10.1 Å². The van der Waals surface area contributed by atoms with Gasteiger partial charge in [0.15, 0.2) is 0 Å². The van der Waals surface area contributed by atoms with Crippen LogP contribution in [0.2, 0.25) is 0 Å². The van der Waals surface area contributed by atoms with E-state index in [4.69, 9.17) is 0 Å². The van der Waals surface area contributed by atoms with E-state index >= 15 is 0 Å². The van der Waals surface area contributed by atoms with Crippen molar-refractivity contribution in [3.05, 3.63) is 30.1 Å². The molecule has 3 rings (SSSR count). The molecule has 0 radical (unpaired) electrons. The highest BCUT2D eigenvalue weighted by atomic mass is 19.1. The van der Waals surface area contributed by atoms with Crippen molar-refractivity contribution in [2.45, 2.75) is 25.0 Å². The number of rotatable bonds is 4. The molecule has 0 bridgehead atoms. The summed E-state index contributed by atoms with van der Waals surface area (Å²) in [7, 11) is 0. The molecule has 6 heteroatoms. The minimum atomic E-state index is -0.420. The van der Waals surface area contributed by atoms with E-state index in [2.05, 4.69) is 15.5 Å². The number of carbonyl (C=O) groups excluding carboxylic acids is 1. The average molecular weight is 307 g/mol. The largest absolute Gasteiger partial charge is 0.392 e. The van der Waals surface area contributed by atoms with Gasteiger partial charge in [-0.1, -0.05) is 0 Å². The Balaban J connectivity index is 1.45. The van der Waals surface area contributed by atoms with Gasteiger partial charge in [0.05, 0.1) is 12.1 Å². The van der Waals surface area contributed by atoms with Crippen LogP contribution in [-0.2, 0) is 4.79 Å². The minimum Gasteiger partial charge on any atom is -0.392 e. The maximum Gasteiger partial charge on any atom is 0.237 e. The molecular formula is C16H22FN3O2. The lowest BCUT2D eigenvalue weighted by Gasteiger charge is -2.19. The minimum absolute atomic E-state index is 0.0308. The molecule has 3 N–H and O–H groups in total. The number of carbonyl (C=O) groups is 1. The fourth-order valence-corrected chi connectivity index (χ4v) is 3.17. The average Bonchev–Trinajstić information content (AvgIpc) is 3.15. The topological polar surface area (TPSA) is 64.6 Å². The number of hydrogen-bond acceptors (Lipinski definition) is 4. The second kappa shape index (κ2) is 6.62. The van der Waals surface area contributed by atoms with Crippen LogP contribution in [0.1, 0.15) is 12.8 Å². The van der Waals surface area contributed by atoms with Gasteiger partial charge in [0, 0.05) is 31.9 Å². The number of β-amino-alcohol motifs (C(OH)–C–C–N with tert-alkyl or cyclic N) is 1. The molecule has 2 aliphatic heterocycles. The van der Waals surface area contributed by atoms with Crippen LogP contribution in [0.15, 0.2) is 24.3 Å². The smallest absolute Gasteiger partial charge is 0.237 e. The Morgan fingerprint density at radius 2 is 2.18 bits per heavy atom. The molecule has 3 atom stereocenters. The summed E-state index contributed by atoms with van der Waals surface area (Å²) in [6, 6.07) is 6.26. The summed E-state index contributed by atoms with van der Waals surface area (Å²) in [5.41, 5.74) is 1.02. The first-order valence-electron chi connectivity index (χ1n) is 7.81. The Hall–Kier alpha value is -1.66.